The SMILES string of the molecule is CNC(=O)CC(CN)N1CCN2CCCC2C1. The molecule has 2 saturated heterocycles. The lowest BCUT2D eigenvalue weighted by Gasteiger charge is -2.41. The Labute approximate surface area is 103 Å². The Hall–Kier alpha value is -0.650. The Balaban J connectivity index is 1.89. The van der Waals surface area contributed by atoms with Gasteiger partial charge in [-0.2, -0.15) is 0 Å². The van der Waals surface area contributed by atoms with Crippen molar-refractivity contribution in [2.75, 3.05) is 39.8 Å². The number of carbonyl (C=O) groups is 1. The first kappa shape index (κ1) is 12.8. The fourth-order valence-corrected chi connectivity index (χ4v) is 3.02. The van der Waals surface area contributed by atoms with Gasteiger partial charge in [0.15, 0.2) is 0 Å². The second-order valence-corrected chi connectivity index (χ2v) is 5.09. The standard InChI is InChI=1S/C12H24N4O/c1-14-12(17)7-11(8-13)16-6-5-15-4-2-3-10(15)9-16/h10-11H,2-9,13H2,1H3,(H,14,17). The van der Waals surface area contributed by atoms with Crippen LogP contribution < -0.4 is 11.1 Å². The molecular formula is C12H24N4O. The predicted octanol–water partition coefficient (Wildman–Crippen LogP) is -0.770. The molecule has 0 spiro atoms. The van der Waals surface area contributed by atoms with Gasteiger partial charge in [-0.05, 0) is 19.4 Å². The molecule has 0 bridgehead atoms. The summed E-state index contributed by atoms with van der Waals surface area (Å²) in [6.45, 7) is 5.09. The molecule has 17 heavy (non-hydrogen) atoms. The molecule has 0 aromatic rings. The second kappa shape index (κ2) is 5.80. The summed E-state index contributed by atoms with van der Waals surface area (Å²) < 4.78 is 0. The van der Waals surface area contributed by atoms with Crippen LogP contribution in [0.5, 0.6) is 0 Å². The van der Waals surface area contributed by atoms with Gasteiger partial charge >= 0.3 is 0 Å². The van der Waals surface area contributed by atoms with Gasteiger partial charge in [-0.1, -0.05) is 0 Å². The number of nitrogens with two attached hydrogens (primary N) is 1. The summed E-state index contributed by atoms with van der Waals surface area (Å²) in [5, 5.41) is 2.68. The molecule has 3 N–H and O–H groups in total. The van der Waals surface area contributed by atoms with Gasteiger partial charge in [0.25, 0.3) is 0 Å². The minimum absolute atomic E-state index is 0.0919. The van der Waals surface area contributed by atoms with Crippen LogP contribution in [0.4, 0.5) is 0 Å². The van der Waals surface area contributed by atoms with Crippen LogP contribution in [-0.2, 0) is 4.79 Å². The number of piperazine rings is 1. The molecule has 2 heterocycles. The molecule has 2 unspecified atom stereocenters. The van der Waals surface area contributed by atoms with Crippen molar-refractivity contribution in [3.05, 3.63) is 0 Å². The molecule has 0 aromatic carbocycles. The fourth-order valence-electron chi connectivity index (χ4n) is 3.02. The van der Waals surface area contributed by atoms with Crippen molar-refractivity contribution < 1.29 is 4.79 Å². The third-order valence-electron chi connectivity index (χ3n) is 4.11. The van der Waals surface area contributed by atoms with Crippen LogP contribution in [0.1, 0.15) is 19.3 Å². The largest absolute Gasteiger partial charge is 0.359 e. The Morgan fingerprint density at radius 3 is 3.00 bits per heavy atom. The normalized spacial score (nSPS) is 27.8. The van der Waals surface area contributed by atoms with Crippen LogP contribution in [-0.4, -0.2) is 67.6 Å². The maximum atomic E-state index is 11.4. The average Bonchev–Trinajstić information content (AvgIpc) is 2.82. The molecule has 0 aliphatic carbocycles. The maximum absolute atomic E-state index is 11.4. The zero-order chi connectivity index (χ0) is 12.3. The first-order valence-electron chi connectivity index (χ1n) is 6.63. The molecule has 2 atom stereocenters. The van der Waals surface area contributed by atoms with Gasteiger partial charge in [-0.3, -0.25) is 14.6 Å². The molecule has 0 aromatic heterocycles. The van der Waals surface area contributed by atoms with Crippen molar-refractivity contribution in [2.24, 2.45) is 5.73 Å². The monoisotopic (exact) mass is 240 g/mol. The third kappa shape index (κ3) is 2.97. The number of rotatable bonds is 4. The summed E-state index contributed by atoms with van der Waals surface area (Å²) in [7, 11) is 1.69. The van der Waals surface area contributed by atoms with E-state index in [2.05, 4.69) is 15.1 Å². The molecule has 2 fully saturated rings. The van der Waals surface area contributed by atoms with E-state index >= 15 is 0 Å². The average molecular weight is 240 g/mol. The van der Waals surface area contributed by atoms with Crippen molar-refractivity contribution in [3.8, 4) is 0 Å². The molecule has 0 saturated carbocycles. The van der Waals surface area contributed by atoms with Crippen LogP contribution in [0.25, 0.3) is 0 Å². The van der Waals surface area contributed by atoms with Crippen LogP contribution in [0.15, 0.2) is 0 Å². The molecule has 5 heteroatoms. The highest BCUT2D eigenvalue weighted by Crippen LogP contribution is 2.23. The predicted molar refractivity (Wildman–Crippen MR) is 67.7 cm³/mol. The Morgan fingerprint density at radius 1 is 1.47 bits per heavy atom. The van der Waals surface area contributed by atoms with Crippen molar-refractivity contribution in [2.45, 2.75) is 31.3 Å². The minimum Gasteiger partial charge on any atom is -0.359 e. The summed E-state index contributed by atoms with van der Waals surface area (Å²) in [6, 6.07) is 0.903. The van der Waals surface area contributed by atoms with Crippen molar-refractivity contribution in [1.29, 1.82) is 0 Å². The zero-order valence-electron chi connectivity index (χ0n) is 10.7. The summed E-state index contributed by atoms with van der Waals surface area (Å²) in [5.41, 5.74) is 5.81. The van der Waals surface area contributed by atoms with Gasteiger partial charge in [0, 0.05) is 51.7 Å². The van der Waals surface area contributed by atoms with E-state index in [0.29, 0.717) is 19.0 Å². The van der Waals surface area contributed by atoms with Gasteiger partial charge in [0.05, 0.1) is 0 Å². The highest BCUT2D eigenvalue weighted by atomic mass is 16.1. The number of nitrogens with one attached hydrogen (secondary N) is 1. The lowest BCUT2D eigenvalue weighted by Crippen LogP contribution is -2.55. The van der Waals surface area contributed by atoms with Gasteiger partial charge in [0.1, 0.15) is 0 Å². The quantitative estimate of drug-likeness (QED) is 0.677. The molecule has 2 rings (SSSR count). The maximum Gasteiger partial charge on any atom is 0.221 e. The van der Waals surface area contributed by atoms with Gasteiger partial charge in [0.2, 0.25) is 5.91 Å². The summed E-state index contributed by atoms with van der Waals surface area (Å²) in [5.74, 6) is 0.0919. The fraction of sp³-hybridized carbons (Fsp3) is 0.917. The second-order valence-electron chi connectivity index (χ2n) is 5.09. The summed E-state index contributed by atoms with van der Waals surface area (Å²) >= 11 is 0. The van der Waals surface area contributed by atoms with E-state index < -0.39 is 0 Å². The van der Waals surface area contributed by atoms with Gasteiger partial charge in [-0.15, -0.1) is 0 Å². The van der Waals surface area contributed by atoms with Crippen LogP contribution in [0, 0.1) is 0 Å². The number of hydrogen-bond acceptors (Lipinski definition) is 4. The topological polar surface area (TPSA) is 61.6 Å². The first-order chi connectivity index (χ1) is 8.24. The van der Waals surface area contributed by atoms with E-state index in [9.17, 15) is 4.79 Å². The Kier molecular flexibility index (Phi) is 4.36. The van der Waals surface area contributed by atoms with E-state index in [1.54, 1.807) is 7.05 Å². The van der Waals surface area contributed by atoms with Gasteiger partial charge in [-0.25, -0.2) is 0 Å². The van der Waals surface area contributed by atoms with E-state index in [1.165, 1.54) is 19.4 Å². The number of fused-ring (bicyclic) bond motifs is 1. The third-order valence-corrected chi connectivity index (χ3v) is 4.11. The lowest BCUT2D eigenvalue weighted by molar-refractivity contribution is -0.122. The smallest absolute Gasteiger partial charge is 0.221 e. The van der Waals surface area contributed by atoms with Crippen LogP contribution >= 0.6 is 0 Å². The summed E-state index contributed by atoms with van der Waals surface area (Å²) in [4.78, 5) is 16.4. The molecule has 2 aliphatic heterocycles. The zero-order valence-corrected chi connectivity index (χ0v) is 10.7. The molecule has 5 nitrogen and oxygen atoms in total. The van der Waals surface area contributed by atoms with Crippen molar-refractivity contribution in [1.82, 2.24) is 15.1 Å². The van der Waals surface area contributed by atoms with Crippen LogP contribution in [0.3, 0.4) is 0 Å². The van der Waals surface area contributed by atoms with Gasteiger partial charge < -0.3 is 11.1 Å². The minimum atomic E-state index is 0.0919. The van der Waals surface area contributed by atoms with E-state index in [4.69, 9.17) is 5.73 Å². The van der Waals surface area contributed by atoms with Crippen molar-refractivity contribution in [3.63, 3.8) is 0 Å². The Bertz CT molecular complexity index is 271. The number of nitrogens with zero attached hydrogens (tertiary/aromatic N) is 2. The molecule has 1 amide bonds. The molecular weight excluding hydrogens is 216 g/mol. The lowest BCUT2D eigenvalue weighted by atomic mass is 10.1. The molecule has 98 valence electrons. The van der Waals surface area contributed by atoms with E-state index in [-0.39, 0.29) is 11.9 Å². The summed E-state index contributed by atoms with van der Waals surface area (Å²) in [6.07, 6.45) is 3.15. The highest BCUT2D eigenvalue weighted by molar-refractivity contribution is 5.76. The number of carbonyl (C=O) groups excluding carboxylic acids is 1. The van der Waals surface area contributed by atoms with E-state index in [1.807, 2.05) is 0 Å². The van der Waals surface area contributed by atoms with Crippen LogP contribution in [0.2, 0.25) is 0 Å². The first-order valence-corrected chi connectivity index (χ1v) is 6.63. The molecule has 2 aliphatic rings. The molecule has 0 radical (unpaired) electrons. The van der Waals surface area contributed by atoms with E-state index in [0.717, 1.165) is 19.6 Å². The number of amides is 1. The number of hydrogen-bond donors (Lipinski definition) is 2. The Morgan fingerprint density at radius 2 is 2.29 bits per heavy atom. The van der Waals surface area contributed by atoms with Crippen molar-refractivity contribution >= 4 is 5.91 Å². The highest BCUT2D eigenvalue weighted by Gasteiger charge is 2.33.